The summed E-state index contributed by atoms with van der Waals surface area (Å²) >= 11 is 0. The number of allylic oxidation sites excluding steroid dienone is 2. The van der Waals surface area contributed by atoms with Crippen molar-refractivity contribution in [3.63, 3.8) is 0 Å². The first kappa shape index (κ1) is 33.8. The zero-order valence-corrected chi connectivity index (χ0v) is 28.9. The van der Waals surface area contributed by atoms with Gasteiger partial charge in [0.25, 0.3) is 0 Å². The van der Waals surface area contributed by atoms with Crippen molar-refractivity contribution in [1.29, 1.82) is 0 Å². The van der Waals surface area contributed by atoms with Crippen molar-refractivity contribution in [2.24, 2.45) is 52.3 Å². The summed E-state index contributed by atoms with van der Waals surface area (Å²) < 4.78 is 6.01. The Morgan fingerprint density at radius 1 is 0.929 bits per heavy atom. The first-order chi connectivity index (χ1) is 20.1. The third kappa shape index (κ3) is 7.77. The molecule has 0 saturated heterocycles. The van der Waals surface area contributed by atoms with Crippen molar-refractivity contribution < 1.29 is 9.53 Å². The van der Waals surface area contributed by atoms with Gasteiger partial charge in [0.05, 0.1) is 0 Å². The number of ether oxygens (including phenoxy) is 1. The molecule has 0 heterocycles. The van der Waals surface area contributed by atoms with Crippen molar-refractivity contribution in [3.8, 4) is 0 Å². The maximum atomic E-state index is 12.6. The molecular weight excluding hydrogens is 512 g/mol. The Hall–Kier alpha value is -1.05. The summed E-state index contributed by atoms with van der Waals surface area (Å²) in [5.74, 6) is 5.88. The van der Waals surface area contributed by atoms with Crippen LogP contribution in [0.4, 0.5) is 0 Å². The molecule has 3 saturated carbocycles. The first-order valence-electron chi connectivity index (χ1n) is 18.7. The van der Waals surface area contributed by atoms with Crippen molar-refractivity contribution in [2.45, 2.75) is 170 Å². The minimum atomic E-state index is -0.122. The number of unbranched alkanes of at least 4 members (excludes halogenated alkanes) is 7. The number of hydrogen-bond acceptors (Lipinski definition) is 2. The molecule has 9 atom stereocenters. The van der Waals surface area contributed by atoms with E-state index in [1.54, 1.807) is 11.6 Å². The molecule has 4 aliphatic carbocycles. The molecule has 0 aromatic heterocycles. The first-order valence-corrected chi connectivity index (χ1v) is 18.7. The molecule has 42 heavy (non-hydrogen) atoms. The van der Waals surface area contributed by atoms with E-state index in [2.05, 4.69) is 54.5 Å². The number of carbonyl (C=O) groups is 1. The zero-order valence-electron chi connectivity index (χ0n) is 28.9. The molecule has 0 aromatic rings. The molecule has 0 aliphatic heterocycles. The summed E-state index contributed by atoms with van der Waals surface area (Å²) in [6, 6.07) is 0. The fourth-order valence-electron chi connectivity index (χ4n) is 10.4. The van der Waals surface area contributed by atoms with Crippen LogP contribution in [-0.2, 0) is 9.53 Å². The highest BCUT2D eigenvalue weighted by Crippen LogP contribution is 2.67. The normalized spacial score (nSPS) is 35.8. The van der Waals surface area contributed by atoms with Gasteiger partial charge in [-0.05, 0) is 110 Å². The van der Waals surface area contributed by atoms with Crippen LogP contribution >= 0.6 is 0 Å². The second-order valence-electron chi connectivity index (χ2n) is 16.4. The molecular formula is C40H68O2. The smallest absolute Gasteiger partial charge is 0.330 e. The number of hydrogen-bond donors (Lipinski definition) is 0. The molecule has 4 aliphatic rings. The molecule has 3 fully saturated rings. The second-order valence-corrected chi connectivity index (χ2v) is 16.4. The van der Waals surface area contributed by atoms with Crippen molar-refractivity contribution in [2.75, 3.05) is 0 Å². The molecule has 0 radical (unpaired) electrons. The van der Waals surface area contributed by atoms with Gasteiger partial charge in [0.1, 0.15) is 6.10 Å². The predicted octanol–water partition coefficient (Wildman–Crippen LogP) is 11.9. The van der Waals surface area contributed by atoms with Gasteiger partial charge in [-0.25, -0.2) is 4.79 Å². The van der Waals surface area contributed by atoms with Gasteiger partial charge in [-0.3, -0.25) is 0 Å². The average molecular weight is 581 g/mol. The topological polar surface area (TPSA) is 26.3 Å². The lowest BCUT2D eigenvalue weighted by Crippen LogP contribution is -2.51. The Balaban J connectivity index is 1.27. The van der Waals surface area contributed by atoms with Crippen LogP contribution in [-0.4, -0.2) is 12.1 Å². The number of carbonyl (C=O) groups excluding carboxylic acids is 1. The largest absolute Gasteiger partial charge is 0.459 e. The molecule has 2 heteroatoms. The lowest BCUT2D eigenvalue weighted by Gasteiger charge is -2.58. The molecule has 2 nitrogen and oxygen atoms in total. The number of esters is 1. The number of rotatable bonds is 15. The van der Waals surface area contributed by atoms with Crippen LogP contribution < -0.4 is 0 Å². The van der Waals surface area contributed by atoms with Gasteiger partial charge in [0, 0.05) is 12.5 Å². The summed E-state index contributed by atoms with van der Waals surface area (Å²) in [4.78, 5) is 12.6. The Bertz CT molecular complexity index is 915. The minimum absolute atomic E-state index is 0.0652. The maximum absolute atomic E-state index is 12.6. The van der Waals surface area contributed by atoms with E-state index in [1.165, 1.54) is 96.3 Å². The lowest BCUT2D eigenvalue weighted by atomic mass is 9.47. The summed E-state index contributed by atoms with van der Waals surface area (Å²) in [7, 11) is 0. The van der Waals surface area contributed by atoms with Crippen LogP contribution in [0.15, 0.2) is 23.8 Å². The Morgan fingerprint density at radius 3 is 2.40 bits per heavy atom. The van der Waals surface area contributed by atoms with Crippen LogP contribution in [0.5, 0.6) is 0 Å². The average Bonchev–Trinajstić information content (AvgIpc) is 3.32. The van der Waals surface area contributed by atoms with Gasteiger partial charge in [-0.1, -0.05) is 118 Å². The van der Waals surface area contributed by atoms with Crippen LogP contribution in [0.1, 0.15) is 164 Å². The van der Waals surface area contributed by atoms with Gasteiger partial charge in [-0.2, -0.15) is 0 Å². The monoisotopic (exact) mass is 581 g/mol. The van der Waals surface area contributed by atoms with E-state index >= 15 is 0 Å². The fraction of sp³-hybridized carbons (Fsp3) is 0.875. The van der Waals surface area contributed by atoms with Gasteiger partial charge in [0.15, 0.2) is 0 Å². The van der Waals surface area contributed by atoms with Crippen LogP contribution in [0.3, 0.4) is 0 Å². The van der Waals surface area contributed by atoms with Gasteiger partial charge >= 0.3 is 5.97 Å². The van der Waals surface area contributed by atoms with Gasteiger partial charge in [-0.15, -0.1) is 0 Å². The van der Waals surface area contributed by atoms with Crippen molar-refractivity contribution in [1.82, 2.24) is 0 Å². The van der Waals surface area contributed by atoms with Crippen molar-refractivity contribution in [3.05, 3.63) is 23.8 Å². The SMILES string of the molecule is CCCCCCCCCC=CC(=O)OC1CC[C@@]2(C)C(=CC[C@H]3[C@@H]4CC[C@H]([C@H](C)CC[C@H](C)C(C)C)[C@@]4(C)CC[C@@H]32)C1. The second kappa shape index (κ2) is 15.3. The quantitative estimate of drug-likeness (QED) is 0.0833. The van der Waals surface area contributed by atoms with E-state index in [1.807, 2.05) is 6.08 Å². The highest BCUT2D eigenvalue weighted by Gasteiger charge is 2.59. The Kier molecular flexibility index (Phi) is 12.3. The van der Waals surface area contributed by atoms with E-state index in [4.69, 9.17) is 4.74 Å². The van der Waals surface area contributed by atoms with Gasteiger partial charge in [0.2, 0.25) is 0 Å². The Morgan fingerprint density at radius 2 is 1.67 bits per heavy atom. The van der Waals surface area contributed by atoms with Crippen LogP contribution in [0.25, 0.3) is 0 Å². The summed E-state index contributed by atoms with van der Waals surface area (Å²) in [6.07, 6.45) is 29.6. The van der Waals surface area contributed by atoms with E-state index in [0.29, 0.717) is 10.8 Å². The molecule has 0 spiro atoms. The summed E-state index contributed by atoms with van der Waals surface area (Å²) in [5.41, 5.74) is 2.47. The molecule has 0 N–H and O–H groups in total. The van der Waals surface area contributed by atoms with Gasteiger partial charge < -0.3 is 4.74 Å². The Labute approximate surface area is 261 Å². The lowest BCUT2D eigenvalue weighted by molar-refractivity contribution is -0.145. The van der Waals surface area contributed by atoms with Crippen LogP contribution in [0.2, 0.25) is 0 Å². The molecule has 4 rings (SSSR count). The summed E-state index contributed by atoms with van der Waals surface area (Å²) in [5, 5.41) is 0. The predicted molar refractivity (Wildman–Crippen MR) is 179 cm³/mol. The highest BCUT2D eigenvalue weighted by atomic mass is 16.5. The molecule has 1 unspecified atom stereocenters. The molecule has 0 bridgehead atoms. The van der Waals surface area contributed by atoms with E-state index in [0.717, 1.165) is 60.7 Å². The molecule has 0 aromatic carbocycles. The van der Waals surface area contributed by atoms with E-state index in [-0.39, 0.29) is 12.1 Å². The fourth-order valence-corrected chi connectivity index (χ4v) is 10.4. The molecule has 0 amide bonds. The van der Waals surface area contributed by atoms with Crippen LogP contribution in [0, 0.1) is 52.3 Å². The summed E-state index contributed by atoms with van der Waals surface area (Å²) in [6.45, 7) is 17.4. The standard InChI is InChI=1S/C40H68O2/c1-8-9-10-11-12-13-14-15-16-17-38(41)42-33-24-26-39(6)32(28-33)20-21-34-36-23-22-35(40(36,7)27-25-37(34)39)31(5)19-18-30(4)29(2)3/h16-17,20,29-31,33-37H,8-15,18-19,21-28H2,1-7H3/t30-,31+,33?,34-,35+,36-,37-,39-,40+/m0/s1. The minimum Gasteiger partial charge on any atom is -0.459 e. The van der Waals surface area contributed by atoms with E-state index in [9.17, 15) is 4.79 Å². The third-order valence-corrected chi connectivity index (χ3v) is 13.5. The zero-order chi connectivity index (χ0) is 30.3. The number of fused-ring (bicyclic) bond motifs is 5. The molecule has 240 valence electrons. The van der Waals surface area contributed by atoms with E-state index < -0.39 is 0 Å². The van der Waals surface area contributed by atoms with Crippen molar-refractivity contribution >= 4 is 5.97 Å². The third-order valence-electron chi connectivity index (χ3n) is 13.5. The maximum Gasteiger partial charge on any atom is 0.330 e. The highest BCUT2D eigenvalue weighted by molar-refractivity contribution is 5.82.